The molecule has 0 aromatic heterocycles. The van der Waals surface area contributed by atoms with Crippen LogP contribution >= 0.6 is 34.4 Å². The predicted octanol–water partition coefficient (Wildman–Crippen LogP) is 4.71. The van der Waals surface area contributed by atoms with Gasteiger partial charge in [-0.1, -0.05) is 30.0 Å². The van der Waals surface area contributed by atoms with Gasteiger partial charge in [0.2, 0.25) is 0 Å². The van der Waals surface area contributed by atoms with Gasteiger partial charge in [0.15, 0.2) is 11.5 Å². The average Bonchev–Trinajstić information content (AvgIpc) is 3.05. The van der Waals surface area contributed by atoms with Crippen molar-refractivity contribution in [1.29, 1.82) is 0 Å². The van der Waals surface area contributed by atoms with Gasteiger partial charge in [0.05, 0.1) is 22.2 Å². The minimum atomic E-state index is -0.770. The maximum atomic E-state index is 12.5. The van der Waals surface area contributed by atoms with Crippen molar-refractivity contribution in [2.45, 2.75) is 6.92 Å². The second kappa shape index (κ2) is 10.0. The Hall–Kier alpha value is -2.79. The summed E-state index contributed by atoms with van der Waals surface area (Å²) in [7, 11) is 1.43. The highest BCUT2D eigenvalue weighted by Gasteiger charge is 2.34. The molecule has 2 N–H and O–H groups in total. The number of methoxy groups -OCH3 is 1. The van der Waals surface area contributed by atoms with Crippen LogP contribution in [-0.2, 0) is 9.53 Å². The first kappa shape index (κ1) is 22.9. The van der Waals surface area contributed by atoms with E-state index in [1.54, 1.807) is 55.5 Å². The third-order valence-electron chi connectivity index (χ3n) is 4.16. The number of ether oxygens (including phenoxy) is 2. The molecule has 7 nitrogen and oxygen atoms in total. The van der Waals surface area contributed by atoms with Gasteiger partial charge in [-0.25, -0.2) is 9.79 Å². The number of aliphatic imine (C=N–C) groups is 1. The Labute approximate surface area is 196 Å². The maximum absolute atomic E-state index is 12.5. The zero-order valence-electron chi connectivity index (χ0n) is 16.6. The average molecular weight is 551 g/mol. The fourth-order valence-electron chi connectivity index (χ4n) is 2.71. The lowest BCUT2D eigenvalue weighted by atomic mass is 10.1. The number of phenols is 1. The summed E-state index contributed by atoms with van der Waals surface area (Å²) >= 11 is 2.94. The highest BCUT2D eigenvalue weighted by molar-refractivity contribution is 14.1. The number of rotatable bonds is 5. The van der Waals surface area contributed by atoms with Gasteiger partial charge in [0, 0.05) is 5.56 Å². The van der Waals surface area contributed by atoms with Gasteiger partial charge in [-0.15, -0.1) is 0 Å². The molecule has 0 aliphatic carbocycles. The highest BCUT2D eigenvalue weighted by Crippen LogP contribution is 2.40. The third-order valence-corrected chi connectivity index (χ3v) is 6.00. The fraction of sp³-hybridized carbons (Fsp3) is 0.136. The van der Waals surface area contributed by atoms with Crippen LogP contribution in [0.1, 0.15) is 22.8 Å². The molecule has 9 heteroatoms. The van der Waals surface area contributed by atoms with Gasteiger partial charge in [-0.05, 0) is 65.4 Å². The molecule has 0 radical (unpaired) electrons. The lowest BCUT2D eigenvalue weighted by molar-refractivity contribution is -0.138. The van der Waals surface area contributed by atoms with Crippen LogP contribution in [0.2, 0.25) is 0 Å². The van der Waals surface area contributed by atoms with E-state index < -0.39 is 11.9 Å². The summed E-state index contributed by atoms with van der Waals surface area (Å²) in [5.41, 5.74) is 0.809. The van der Waals surface area contributed by atoms with Crippen molar-refractivity contribution < 1.29 is 29.3 Å². The molecule has 160 valence electrons. The molecular weight excluding hydrogens is 533 g/mol. The van der Waals surface area contributed by atoms with E-state index in [1.165, 1.54) is 7.11 Å². The monoisotopic (exact) mass is 551 g/mol. The summed E-state index contributed by atoms with van der Waals surface area (Å²) in [6, 6.07) is 11.7. The Morgan fingerprint density at radius 3 is 2.55 bits per heavy atom. The Morgan fingerprint density at radius 2 is 1.90 bits per heavy atom. The van der Waals surface area contributed by atoms with Crippen LogP contribution in [-0.4, -0.2) is 40.8 Å². The van der Waals surface area contributed by atoms with Gasteiger partial charge in [0.1, 0.15) is 16.4 Å². The molecule has 0 atom stereocenters. The highest BCUT2D eigenvalue weighted by atomic mass is 127. The van der Waals surface area contributed by atoms with Gasteiger partial charge >= 0.3 is 5.97 Å². The van der Waals surface area contributed by atoms with Gasteiger partial charge in [-0.3, -0.25) is 4.79 Å². The van der Waals surface area contributed by atoms with Gasteiger partial charge < -0.3 is 19.7 Å². The molecule has 0 bridgehead atoms. The quantitative estimate of drug-likeness (QED) is 0.410. The van der Waals surface area contributed by atoms with E-state index in [-0.39, 0.29) is 34.5 Å². The maximum Gasteiger partial charge on any atom is 0.344 e. The molecule has 1 aliphatic rings. The number of halogens is 1. The van der Waals surface area contributed by atoms with Crippen LogP contribution in [0.3, 0.4) is 0 Å². The molecule has 2 aromatic carbocycles. The fourth-order valence-corrected chi connectivity index (χ4v) is 4.35. The SMILES string of the molecule is CCOC(=O)C1=C(O)/C(=C/c2cc(I)c(O)c(OC)c2)SC1=NC(=O)c1ccccc1. The molecule has 1 heterocycles. The van der Waals surface area contributed by atoms with Crippen LogP contribution in [0.15, 0.2) is 63.7 Å². The van der Waals surface area contributed by atoms with Crippen LogP contribution in [0, 0.1) is 3.57 Å². The minimum absolute atomic E-state index is 0.00649. The van der Waals surface area contributed by atoms with Crippen molar-refractivity contribution in [2.75, 3.05) is 13.7 Å². The van der Waals surface area contributed by atoms with Crippen molar-refractivity contribution in [2.24, 2.45) is 4.99 Å². The zero-order valence-corrected chi connectivity index (χ0v) is 19.6. The summed E-state index contributed by atoms with van der Waals surface area (Å²) < 4.78 is 10.8. The molecule has 0 fully saturated rings. The number of amides is 1. The second-order valence-electron chi connectivity index (χ2n) is 6.20. The number of esters is 1. The van der Waals surface area contributed by atoms with E-state index in [0.717, 1.165) is 11.8 Å². The lowest BCUT2D eigenvalue weighted by Crippen LogP contribution is -2.14. The molecule has 1 aliphatic heterocycles. The molecule has 0 saturated carbocycles. The number of thioether (sulfide) groups is 1. The van der Waals surface area contributed by atoms with Crippen LogP contribution in [0.5, 0.6) is 11.5 Å². The largest absolute Gasteiger partial charge is 0.506 e. The number of nitrogens with zero attached hydrogens (tertiary/aromatic N) is 1. The molecule has 31 heavy (non-hydrogen) atoms. The van der Waals surface area contributed by atoms with Crippen molar-refractivity contribution in [1.82, 2.24) is 0 Å². The number of aliphatic hydroxyl groups excluding tert-OH is 1. The Kier molecular flexibility index (Phi) is 7.39. The van der Waals surface area contributed by atoms with Crippen molar-refractivity contribution >= 4 is 57.3 Å². The first-order valence-electron chi connectivity index (χ1n) is 9.10. The summed E-state index contributed by atoms with van der Waals surface area (Å²) in [5.74, 6) is -1.37. The first-order valence-corrected chi connectivity index (χ1v) is 11.0. The van der Waals surface area contributed by atoms with Gasteiger partial charge in [0.25, 0.3) is 5.91 Å². The van der Waals surface area contributed by atoms with Crippen molar-refractivity contribution in [3.8, 4) is 11.5 Å². The zero-order chi connectivity index (χ0) is 22.5. The standard InChI is InChI=1S/C22H18INO6S/c1-3-30-22(28)17-19(26)16(11-12-9-14(23)18(25)15(10-12)29-2)31-21(17)24-20(27)13-7-5-4-6-8-13/h4-11,25-26H,3H2,1-2H3/b16-11-,24-21?. The number of aromatic hydroxyl groups is 1. The van der Waals surface area contributed by atoms with E-state index in [2.05, 4.69) is 4.99 Å². The smallest absolute Gasteiger partial charge is 0.344 e. The minimum Gasteiger partial charge on any atom is -0.506 e. The predicted molar refractivity (Wildman–Crippen MR) is 127 cm³/mol. The van der Waals surface area contributed by atoms with Crippen molar-refractivity contribution in [3.05, 3.63) is 73.4 Å². The molecule has 1 amide bonds. The van der Waals surface area contributed by atoms with Crippen LogP contribution < -0.4 is 4.74 Å². The summed E-state index contributed by atoms with van der Waals surface area (Å²) in [6.07, 6.45) is 1.61. The Morgan fingerprint density at radius 1 is 1.19 bits per heavy atom. The number of aliphatic hydroxyl groups is 1. The Bertz CT molecular complexity index is 1120. The molecule has 3 rings (SSSR count). The first-order chi connectivity index (χ1) is 14.8. The van der Waals surface area contributed by atoms with E-state index >= 15 is 0 Å². The second-order valence-corrected chi connectivity index (χ2v) is 8.39. The number of phenolic OH excluding ortho intramolecular Hbond substituents is 1. The summed E-state index contributed by atoms with van der Waals surface area (Å²) in [5, 5.41) is 20.8. The molecule has 0 unspecified atom stereocenters. The van der Waals surface area contributed by atoms with Gasteiger partial charge in [-0.2, -0.15) is 0 Å². The van der Waals surface area contributed by atoms with E-state index in [0.29, 0.717) is 19.6 Å². The number of benzene rings is 2. The molecule has 0 saturated heterocycles. The Balaban J connectivity index is 2.05. The molecule has 0 spiro atoms. The molecular formula is C22H18INO6S. The number of carbonyl (C=O) groups excluding carboxylic acids is 2. The number of hydrogen-bond donors (Lipinski definition) is 2. The van der Waals surface area contributed by atoms with Crippen LogP contribution in [0.4, 0.5) is 0 Å². The normalized spacial score (nSPS) is 16.1. The summed E-state index contributed by atoms with van der Waals surface area (Å²) in [4.78, 5) is 29.4. The number of carbonyl (C=O) groups is 2. The number of hydrogen-bond acceptors (Lipinski definition) is 7. The third kappa shape index (κ3) is 5.10. The van der Waals surface area contributed by atoms with Crippen molar-refractivity contribution in [3.63, 3.8) is 0 Å². The molecule has 2 aromatic rings. The van der Waals surface area contributed by atoms with E-state index in [1.807, 2.05) is 22.6 Å². The van der Waals surface area contributed by atoms with Crippen LogP contribution in [0.25, 0.3) is 6.08 Å². The van der Waals surface area contributed by atoms with E-state index in [9.17, 15) is 19.8 Å². The topological polar surface area (TPSA) is 105 Å². The van der Waals surface area contributed by atoms with E-state index in [4.69, 9.17) is 9.47 Å². The summed E-state index contributed by atoms with van der Waals surface area (Å²) in [6.45, 7) is 1.75. The lowest BCUT2D eigenvalue weighted by Gasteiger charge is -2.07.